The van der Waals surface area contributed by atoms with Gasteiger partial charge in [0.05, 0.1) is 6.10 Å². The minimum Gasteiger partial charge on any atom is -0.393 e. The second kappa shape index (κ2) is 20.6. The fraction of sp³-hybridized carbons (Fsp3) is 0.833. The number of esters is 2. The van der Waals surface area contributed by atoms with E-state index < -0.39 is 0 Å². The van der Waals surface area contributed by atoms with Crippen LogP contribution in [0, 0.1) is 0 Å². The molecule has 0 fully saturated rings. The summed E-state index contributed by atoms with van der Waals surface area (Å²) in [5.74, 6) is -0.756. The van der Waals surface area contributed by atoms with Crippen molar-refractivity contribution in [2.75, 3.05) is 0 Å². The molecule has 0 amide bonds. The zero-order chi connectivity index (χ0) is 20.9. The number of carbonyl (C=O) groups excluding carboxylic acids is 2. The molecule has 28 heavy (non-hydrogen) atoms. The Kier molecular flexibility index (Phi) is 19.7. The highest BCUT2D eigenvalue weighted by atomic mass is 16.6. The molecule has 0 saturated heterocycles. The number of aliphatic hydroxyl groups is 1. The SMILES string of the molecule is CCCCCC[C@@H](O)C/C=C\CCCCCCCC(=O)OC(=O)CCCCC. The minimum atomic E-state index is -0.378. The Hall–Kier alpha value is -1.16. The molecule has 4 nitrogen and oxygen atoms in total. The van der Waals surface area contributed by atoms with Crippen molar-refractivity contribution in [2.24, 2.45) is 0 Å². The van der Waals surface area contributed by atoms with Gasteiger partial charge in [-0.05, 0) is 38.5 Å². The van der Waals surface area contributed by atoms with Crippen LogP contribution in [0.5, 0.6) is 0 Å². The molecule has 164 valence electrons. The molecule has 0 unspecified atom stereocenters. The molecule has 0 aliphatic rings. The van der Waals surface area contributed by atoms with Gasteiger partial charge < -0.3 is 9.84 Å². The van der Waals surface area contributed by atoms with Gasteiger partial charge >= 0.3 is 11.9 Å². The van der Waals surface area contributed by atoms with Crippen molar-refractivity contribution in [3.63, 3.8) is 0 Å². The fourth-order valence-electron chi connectivity index (χ4n) is 3.11. The van der Waals surface area contributed by atoms with Crippen LogP contribution in [0.25, 0.3) is 0 Å². The Morgan fingerprint density at radius 1 is 0.750 bits per heavy atom. The first-order valence-electron chi connectivity index (χ1n) is 11.7. The molecule has 0 aliphatic carbocycles. The maximum Gasteiger partial charge on any atom is 0.313 e. The first-order chi connectivity index (χ1) is 13.6. The molecule has 1 N–H and O–H groups in total. The smallest absolute Gasteiger partial charge is 0.313 e. The first kappa shape index (κ1) is 26.8. The van der Waals surface area contributed by atoms with Crippen LogP contribution in [0.15, 0.2) is 12.2 Å². The van der Waals surface area contributed by atoms with Gasteiger partial charge in [0.25, 0.3) is 0 Å². The lowest BCUT2D eigenvalue weighted by Crippen LogP contribution is -2.11. The minimum absolute atomic E-state index is 0.189. The van der Waals surface area contributed by atoms with E-state index >= 15 is 0 Å². The van der Waals surface area contributed by atoms with E-state index in [9.17, 15) is 14.7 Å². The Bertz CT molecular complexity index is 403. The summed E-state index contributed by atoms with van der Waals surface area (Å²) in [6, 6.07) is 0. The molecule has 0 aromatic carbocycles. The number of hydrogen-bond acceptors (Lipinski definition) is 4. The number of unbranched alkanes of at least 4 members (excludes halogenated alkanes) is 10. The Morgan fingerprint density at radius 3 is 1.96 bits per heavy atom. The molecular formula is C24H44O4. The highest BCUT2D eigenvalue weighted by Crippen LogP contribution is 2.11. The fourth-order valence-corrected chi connectivity index (χ4v) is 3.11. The maximum absolute atomic E-state index is 11.6. The largest absolute Gasteiger partial charge is 0.393 e. The van der Waals surface area contributed by atoms with E-state index in [-0.39, 0.29) is 18.0 Å². The van der Waals surface area contributed by atoms with Gasteiger partial charge in [0, 0.05) is 12.8 Å². The second-order valence-electron chi connectivity index (χ2n) is 7.82. The maximum atomic E-state index is 11.6. The van der Waals surface area contributed by atoms with E-state index in [1.165, 1.54) is 19.3 Å². The third-order valence-electron chi connectivity index (χ3n) is 4.93. The summed E-state index contributed by atoms with van der Waals surface area (Å²) in [6.45, 7) is 4.28. The summed E-state index contributed by atoms with van der Waals surface area (Å²) in [6.07, 6.45) is 20.4. The van der Waals surface area contributed by atoms with Crippen molar-refractivity contribution in [1.82, 2.24) is 0 Å². The Morgan fingerprint density at radius 2 is 1.29 bits per heavy atom. The van der Waals surface area contributed by atoms with Crippen LogP contribution in [0.2, 0.25) is 0 Å². The highest BCUT2D eigenvalue weighted by Gasteiger charge is 2.09. The standard InChI is InChI=1S/C24H44O4/c1-3-5-7-15-18-22(25)19-16-12-10-8-9-11-13-17-21-24(27)28-23(26)20-14-6-4-2/h12,16,22,25H,3-11,13-15,17-21H2,1-2H3/b16-12-/t22-/m1/s1. The summed E-state index contributed by atoms with van der Waals surface area (Å²) in [5, 5.41) is 9.89. The second-order valence-corrected chi connectivity index (χ2v) is 7.82. The third-order valence-corrected chi connectivity index (χ3v) is 4.93. The molecule has 0 heterocycles. The average molecular weight is 397 g/mol. The molecule has 0 aromatic rings. The first-order valence-corrected chi connectivity index (χ1v) is 11.7. The zero-order valence-electron chi connectivity index (χ0n) is 18.4. The van der Waals surface area contributed by atoms with E-state index in [2.05, 4.69) is 26.0 Å². The van der Waals surface area contributed by atoms with Crippen molar-refractivity contribution in [3.8, 4) is 0 Å². The lowest BCUT2D eigenvalue weighted by molar-refractivity contribution is -0.159. The van der Waals surface area contributed by atoms with Gasteiger partial charge in [0.2, 0.25) is 0 Å². The molecule has 0 aliphatic heterocycles. The number of aliphatic hydroxyl groups excluding tert-OH is 1. The van der Waals surface area contributed by atoms with Gasteiger partial charge in [-0.25, -0.2) is 0 Å². The molecule has 0 saturated carbocycles. The molecule has 4 heteroatoms. The number of allylic oxidation sites excluding steroid dienone is 1. The molecule has 1 atom stereocenters. The predicted molar refractivity (Wildman–Crippen MR) is 116 cm³/mol. The van der Waals surface area contributed by atoms with Crippen LogP contribution < -0.4 is 0 Å². The van der Waals surface area contributed by atoms with E-state index in [4.69, 9.17) is 4.74 Å². The number of ether oxygens (including phenoxy) is 1. The lowest BCUT2D eigenvalue weighted by Gasteiger charge is -2.07. The van der Waals surface area contributed by atoms with Crippen molar-refractivity contribution in [1.29, 1.82) is 0 Å². The van der Waals surface area contributed by atoms with Crippen molar-refractivity contribution in [2.45, 2.75) is 129 Å². The van der Waals surface area contributed by atoms with Crippen LogP contribution in [0.4, 0.5) is 0 Å². The summed E-state index contributed by atoms with van der Waals surface area (Å²) in [7, 11) is 0. The zero-order valence-corrected chi connectivity index (χ0v) is 18.4. The lowest BCUT2D eigenvalue weighted by atomic mass is 10.1. The summed E-state index contributed by atoms with van der Waals surface area (Å²) in [5.41, 5.74) is 0. The topological polar surface area (TPSA) is 63.6 Å². The molecule has 0 rings (SSSR count). The molecule has 0 radical (unpaired) electrons. The quantitative estimate of drug-likeness (QED) is 0.115. The van der Waals surface area contributed by atoms with Gasteiger partial charge in [0.15, 0.2) is 0 Å². The number of carbonyl (C=O) groups is 2. The molecular weight excluding hydrogens is 352 g/mol. The van der Waals surface area contributed by atoms with E-state index in [0.717, 1.165) is 77.0 Å². The summed E-state index contributed by atoms with van der Waals surface area (Å²) < 4.78 is 4.82. The highest BCUT2D eigenvalue weighted by molar-refractivity contribution is 5.85. The van der Waals surface area contributed by atoms with Gasteiger partial charge in [-0.1, -0.05) is 83.8 Å². The van der Waals surface area contributed by atoms with Crippen molar-refractivity contribution < 1.29 is 19.4 Å². The van der Waals surface area contributed by atoms with Gasteiger partial charge in [-0.2, -0.15) is 0 Å². The van der Waals surface area contributed by atoms with Crippen molar-refractivity contribution >= 4 is 11.9 Å². The number of hydrogen-bond donors (Lipinski definition) is 1. The van der Waals surface area contributed by atoms with Crippen LogP contribution in [-0.2, 0) is 14.3 Å². The predicted octanol–water partition coefficient (Wildman–Crippen LogP) is 6.64. The summed E-state index contributed by atoms with van der Waals surface area (Å²) >= 11 is 0. The Labute approximate surface area is 173 Å². The monoisotopic (exact) mass is 396 g/mol. The van der Waals surface area contributed by atoms with Crippen molar-refractivity contribution in [3.05, 3.63) is 12.2 Å². The van der Waals surface area contributed by atoms with Crippen LogP contribution >= 0.6 is 0 Å². The van der Waals surface area contributed by atoms with E-state index in [1.54, 1.807) is 0 Å². The number of rotatable bonds is 19. The average Bonchev–Trinajstić information content (AvgIpc) is 2.67. The van der Waals surface area contributed by atoms with E-state index in [1.807, 2.05) is 0 Å². The summed E-state index contributed by atoms with van der Waals surface area (Å²) in [4.78, 5) is 23.0. The molecule has 0 spiro atoms. The third kappa shape index (κ3) is 19.6. The normalized spacial score (nSPS) is 12.4. The van der Waals surface area contributed by atoms with E-state index in [0.29, 0.717) is 12.8 Å². The molecule has 0 aromatic heterocycles. The molecule has 0 bridgehead atoms. The van der Waals surface area contributed by atoms with Gasteiger partial charge in [-0.15, -0.1) is 0 Å². The van der Waals surface area contributed by atoms with Crippen LogP contribution in [-0.4, -0.2) is 23.1 Å². The van der Waals surface area contributed by atoms with Crippen LogP contribution in [0.1, 0.15) is 123 Å². The Balaban J connectivity index is 3.42. The van der Waals surface area contributed by atoms with Gasteiger partial charge in [-0.3, -0.25) is 9.59 Å². The van der Waals surface area contributed by atoms with Crippen LogP contribution in [0.3, 0.4) is 0 Å². The van der Waals surface area contributed by atoms with Gasteiger partial charge in [0.1, 0.15) is 0 Å².